The van der Waals surface area contributed by atoms with Crippen LogP contribution < -0.4 is 5.32 Å². The molecule has 0 aliphatic heterocycles. The average molecular weight is 335 g/mol. The first-order valence-electron chi connectivity index (χ1n) is 7.67. The fraction of sp³-hybridized carbons (Fsp3) is 0.500. The molecule has 1 aromatic rings. The van der Waals surface area contributed by atoms with E-state index in [9.17, 15) is 14.4 Å². The molecule has 24 heavy (non-hydrogen) atoms. The number of hydrogen-bond donors (Lipinski definition) is 1. The number of hydrogen-bond acceptors (Lipinski definition) is 5. The van der Waals surface area contributed by atoms with Gasteiger partial charge in [0.2, 0.25) is 0 Å². The zero-order valence-corrected chi connectivity index (χ0v) is 15.3. The van der Waals surface area contributed by atoms with Crippen molar-refractivity contribution in [2.24, 2.45) is 0 Å². The summed E-state index contributed by atoms with van der Waals surface area (Å²) in [6.07, 6.45) is 0. The number of aryl methyl sites for hydroxylation is 1. The van der Waals surface area contributed by atoms with Gasteiger partial charge >= 0.3 is 17.8 Å². The molecule has 0 aromatic heterocycles. The number of amides is 1. The third-order valence-corrected chi connectivity index (χ3v) is 2.63. The van der Waals surface area contributed by atoms with E-state index in [1.54, 1.807) is 59.7 Å². The highest BCUT2D eigenvalue weighted by molar-refractivity contribution is 6.37. The summed E-state index contributed by atoms with van der Waals surface area (Å²) >= 11 is 0. The number of esters is 2. The largest absolute Gasteiger partial charge is 0.456 e. The van der Waals surface area contributed by atoms with Crippen LogP contribution in [0.3, 0.4) is 0 Å². The number of anilines is 1. The fourth-order valence-corrected chi connectivity index (χ4v) is 1.77. The topological polar surface area (TPSA) is 81.7 Å². The summed E-state index contributed by atoms with van der Waals surface area (Å²) in [5.41, 5.74) is -0.248. The quantitative estimate of drug-likeness (QED) is 0.663. The van der Waals surface area contributed by atoms with Crippen molar-refractivity contribution in [2.75, 3.05) is 5.32 Å². The summed E-state index contributed by atoms with van der Waals surface area (Å²) < 4.78 is 10.3. The maximum absolute atomic E-state index is 12.3. The minimum atomic E-state index is -1.02. The molecule has 6 heteroatoms. The highest BCUT2D eigenvalue weighted by atomic mass is 16.6. The van der Waals surface area contributed by atoms with Crippen LogP contribution in [0, 0.1) is 6.92 Å². The van der Waals surface area contributed by atoms with Gasteiger partial charge in [-0.15, -0.1) is 0 Å². The predicted octanol–water partition coefficient (Wildman–Crippen LogP) is 3.23. The first-order chi connectivity index (χ1) is 10.8. The summed E-state index contributed by atoms with van der Waals surface area (Å²) in [6.45, 7) is 12.1. The van der Waals surface area contributed by atoms with E-state index >= 15 is 0 Å². The molecule has 0 unspecified atom stereocenters. The minimum Gasteiger partial charge on any atom is -0.456 e. The second-order valence-corrected chi connectivity index (χ2v) is 7.51. The van der Waals surface area contributed by atoms with E-state index in [1.165, 1.54) is 0 Å². The molecule has 6 nitrogen and oxygen atoms in total. The van der Waals surface area contributed by atoms with E-state index in [4.69, 9.17) is 9.47 Å². The molecule has 1 amide bonds. The normalized spacial score (nSPS) is 11.6. The average Bonchev–Trinajstić information content (AvgIpc) is 2.36. The molecule has 1 aromatic carbocycles. The lowest BCUT2D eigenvalue weighted by atomic mass is 10.1. The van der Waals surface area contributed by atoms with Gasteiger partial charge in [-0.25, -0.2) is 9.59 Å². The molecule has 0 aliphatic rings. The van der Waals surface area contributed by atoms with Gasteiger partial charge in [0.15, 0.2) is 0 Å². The summed E-state index contributed by atoms with van der Waals surface area (Å²) in [5.74, 6) is -2.54. The van der Waals surface area contributed by atoms with Crippen molar-refractivity contribution in [3.05, 3.63) is 29.3 Å². The Labute approximate surface area is 142 Å². The number of carbonyl (C=O) groups excluding carboxylic acids is 3. The molecule has 0 fully saturated rings. The van der Waals surface area contributed by atoms with E-state index < -0.39 is 29.0 Å². The van der Waals surface area contributed by atoms with Gasteiger partial charge in [-0.3, -0.25) is 4.79 Å². The molecule has 0 heterocycles. The Morgan fingerprint density at radius 1 is 0.917 bits per heavy atom. The van der Waals surface area contributed by atoms with Gasteiger partial charge in [0.1, 0.15) is 11.2 Å². The van der Waals surface area contributed by atoms with Crippen molar-refractivity contribution >= 4 is 23.5 Å². The summed E-state index contributed by atoms with van der Waals surface area (Å²) in [4.78, 5) is 36.1. The van der Waals surface area contributed by atoms with E-state index in [0.29, 0.717) is 0 Å². The smallest absolute Gasteiger partial charge is 0.397 e. The van der Waals surface area contributed by atoms with Gasteiger partial charge in [0.05, 0.1) is 11.3 Å². The maximum Gasteiger partial charge on any atom is 0.397 e. The highest BCUT2D eigenvalue weighted by Gasteiger charge is 2.26. The molecule has 0 saturated carbocycles. The molecule has 1 rings (SSSR count). The Morgan fingerprint density at radius 3 is 1.96 bits per heavy atom. The van der Waals surface area contributed by atoms with Crippen LogP contribution in [0.5, 0.6) is 0 Å². The molecular formula is C18H25NO5. The molecule has 0 aliphatic carbocycles. The van der Waals surface area contributed by atoms with Crippen molar-refractivity contribution in [1.82, 2.24) is 0 Å². The molecule has 1 N–H and O–H groups in total. The van der Waals surface area contributed by atoms with Crippen molar-refractivity contribution in [3.8, 4) is 0 Å². The third-order valence-electron chi connectivity index (χ3n) is 2.63. The highest BCUT2D eigenvalue weighted by Crippen LogP contribution is 2.21. The van der Waals surface area contributed by atoms with Crippen molar-refractivity contribution in [3.63, 3.8) is 0 Å². The lowest BCUT2D eigenvalue weighted by Crippen LogP contribution is -2.33. The van der Waals surface area contributed by atoms with Crippen molar-refractivity contribution in [1.29, 1.82) is 0 Å². The zero-order chi connectivity index (χ0) is 18.7. The number of benzene rings is 1. The third kappa shape index (κ3) is 6.40. The van der Waals surface area contributed by atoms with Gasteiger partial charge in [-0.1, -0.05) is 11.6 Å². The monoisotopic (exact) mass is 335 g/mol. The van der Waals surface area contributed by atoms with E-state index in [-0.39, 0.29) is 11.3 Å². The number of nitrogens with one attached hydrogen (secondary N) is 1. The van der Waals surface area contributed by atoms with Crippen LogP contribution in [0.4, 0.5) is 5.69 Å². The first-order valence-corrected chi connectivity index (χ1v) is 7.67. The van der Waals surface area contributed by atoms with Crippen molar-refractivity contribution < 1.29 is 23.9 Å². The standard InChI is InChI=1S/C18H25NO5/c1-11-8-9-13(12(10-11)15(21)23-17(2,3)4)19-14(20)16(22)24-18(5,6)7/h8-10H,1-7H3,(H,19,20). The number of rotatable bonds is 2. The zero-order valence-electron chi connectivity index (χ0n) is 15.3. The fourth-order valence-electron chi connectivity index (χ4n) is 1.77. The van der Waals surface area contributed by atoms with Gasteiger partial charge in [-0.2, -0.15) is 0 Å². The van der Waals surface area contributed by atoms with Crippen LogP contribution in [0.15, 0.2) is 18.2 Å². The molecule has 0 radical (unpaired) electrons. The van der Waals surface area contributed by atoms with Crippen LogP contribution >= 0.6 is 0 Å². The van der Waals surface area contributed by atoms with E-state index in [1.807, 2.05) is 6.92 Å². The SMILES string of the molecule is Cc1ccc(NC(=O)C(=O)OC(C)(C)C)c(C(=O)OC(C)(C)C)c1. The van der Waals surface area contributed by atoms with Crippen LogP contribution in [0.2, 0.25) is 0 Å². The lowest BCUT2D eigenvalue weighted by Gasteiger charge is -2.21. The Balaban J connectivity index is 3.02. The lowest BCUT2D eigenvalue weighted by molar-refractivity contribution is -0.161. The van der Waals surface area contributed by atoms with Crippen molar-refractivity contribution in [2.45, 2.75) is 59.7 Å². The van der Waals surface area contributed by atoms with Gasteiger partial charge in [0, 0.05) is 0 Å². The predicted molar refractivity (Wildman–Crippen MR) is 90.8 cm³/mol. The molecule has 132 valence electrons. The summed E-state index contributed by atoms with van der Waals surface area (Å²) in [7, 11) is 0. The maximum atomic E-state index is 12.3. The summed E-state index contributed by atoms with van der Waals surface area (Å²) in [6, 6.07) is 4.87. The van der Waals surface area contributed by atoms with Gasteiger partial charge in [0.25, 0.3) is 0 Å². The second kappa shape index (κ2) is 7.03. The van der Waals surface area contributed by atoms with Gasteiger partial charge in [-0.05, 0) is 60.6 Å². The first kappa shape index (κ1) is 19.7. The van der Waals surface area contributed by atoms with Gasteiger partial charge < -0.3 is 14.8 Å². The van der Waals surface area contributed by atoms with Crippen LogP contribution in [0.25, 0.3) is 0 Å². The van der Waals surface area contributed by atoms with E-state index in [2.05, 4.69) is 5.32 Å². The van der Waals surface area contributed by atoms with Crippen LogP contribution in [-0.2, 0) is 19.1 Å². The molecule has 0 saturated heterocycles. The molecule has 0 bridgehead atoms. The molecule has 0 spiro atoms. The Kier molecular flexibility index (Phi) is 5.76. The van der Waals surface area contributed by atoms with Crippen LogP contribution in [0.1, 0.15) is 57.5 Å². The molecular weight excluding hydrogens is 310 g/mol. The minimum absolute atomic E-state index is 0.182. The van der Waals surface area contributed by atoms with E-state index in [0.717, 1.165) is 5.56 Å². The number of carbonyl (C=O) groups is 3. The summed E-state index contributed by atoms with van der Waals surface area (Å²) in [5, 5.41) is 2.41. The second-order valence-electron chi connectivity index (χ2n) is 7.51. The Morgan fingerprint density at radius 2 is 1.46 bits per heavy atom. The Bertz CT molecular complexity index is 650. The Hall–Kier alpha value is -2.37. The van der Waals surface area contributed by atoms with Crippen LogP contribution in [-0.4, -0.2) is 29.0 Å². The molecule has 0 atom stereocenters. The number of ether oxygens (including phenoxy) is 2.